The molecule has 0 bridgehead atoms. The minimum Gasteiger partial charge on any atom is -0.490 e. The Bertz CT molecular complexity index is 931. The highest BCUT2D eigenvalue weighted by Crippen LogP contribution is 2.18. The van der Waals surface area contributed by atoms with Crippen molar-refractivity contribution in [3.05, 3.63) is 84.2 Å². The quantitative estimate of drug-likeness (QED) is 0.505. The van der Waals surface area contributed by atoms with Crippen LogP contribution in [0.4, 0.5) is 0 Å². The first-order valence-corrected chi connectivity index (χ1v) is 10.5. The number of ether oxygens (including phenoxy) is 1. The number of piperidine rings is 1. The molecule has 2 heterocycles. The Morgan fingerprint density at radius 2 is 1.87 bits per heavy atom. The lowest BCUT2D eigenvalue weighted by Crippen LogP contribution is -2.47. The van der Waals surface area contributed by atoms with Gasteiger partial charge in [0.05, 0.1) is 6.54 Å². The Hall–Kier alpha value is -3.28. The molecule has 156 valence electrons. The first kappa shape index (κ1) is 20.0. The molecule has 6 heteroatoms. The predicted molar refractivity (Wildman–Crippen MR) is 120 cm³/mol. The van der Waals surface area contributed by atoms with E-state index in [1.807, 2.05) is 60.5 Å². The van der Waals surface area contributed by atoms with Crippen LogP contribution in [0.1, 0.15) is 24.0 Å². The fraction of sp³-hybridized carbons (Fsp3) is 0.333. The zero-order valence-electron chi connectivity index (χ0n) is 17.4. The fourth-order valence-corrected chi connectivity index (χ4v) is 3.81. The summed E-state index contributed by atoms with van der Waals surface area (Å²) in [6.45, 7) is 3.41. The van der Waals surface area contributed by atoms with Crippen LogP contribution in [-0.2, 0) is 13.1 Å². The number of benzene rings is 2. The van der Waals surface area contributed by atoms with Crippen LogP contribution in [0.3, 0.4) is 0 Å². The smallest absolute Gasteiger partial charge is 0.193 e. The van der Waals surface area contributed by atoms with E-state index in [4.69, 9.17) is 4.74 Å². The van der Waals surface area contributed by atoms with Crippen molar-refractivity contribution in [3.63, 3.8) is 0 Å². The summed E-state index contributed by atoms with van der Waals surface area (Å²) in [6, 6.07) is 20.6. The van der Waals surface area contributed by atoms with Crippen molar-refractivity contribution in [1.82, 2.24) is 20.0 Å². The molecule has 1 saturated heterocycles. The molecule has 0 spiro atoms. The number of hydrogen-bond acceptors (Lipinski definition) is 3. The van der Waals surface area contributed by atoms with Gasteiger partial charge in [-0.3, -0.25) is 9.67 Å². The topological polar surface area (TPSA) is 54.7 Å². The largest absolute Gasteiger partial charge is 0.490 e. The maximum Gasteiger partial charge on any atom is 0.193 e. The van der Waals surface area contributed by atoms with E-state index in [9.17, 15) is 0 Å². The van der Waals surface area contributed by atoms with E-state index in [1.54, 1.807) is 0 Å². The second-order valence-corrected chi connectivity index (χ2v) is 7.54. The highest BCUT2D eigenvalue weighted by atomic mass is 16.5. The molecule has 6 nitrogen and oxygen atoms in total. The molecular weight excluding hydrogens is 374 g/mol. The van der Waals surface area contributed by atoms with Gasteiger partial charge in [0.15, 0.2) is 5.96 Å². The molecule has 0 amide bonds. The van der Waals surface area contributed by atoms with Crippen molar-refractivity contribution >= 4 is 5.96 Å². The van der Waals surface area contributed by atoms with Gasteiger partial charge in [-0.15, -0.1) is 0 Å². The summed E-state index contributed by atoms with van der Waals surface area (Å²) in [4.78, 5) is 6.81. The van der Waals surface area contributed by atoms with E-state index in [2.05, 4.69) is 44.6 Å². The number of rotatable bonds is 6. The minimum atomic E-state index is 0.265. The molecule has 0 aliphatic carbocycles. The predicted octanol–water partition coefficient (Wildman–Crippen LogP) is 3.55. The van der Waals surface area contributed by atoms with Crippen molar-refractivity contribution in [2.45, 2.75) is 32.0 Å². The molecule has 4 rings (SSSR count). The number of para-hydroxylation sites is 1. The molecule has 3 aromatic rings. The standard InChI is InChI=1S/C24H29N5O/c1-25-24(28-15-11-23(12-16-28)30-22-9-3-2-4-10-22)26-18-20-7-5-8-21(17-20)19-29-14-6-13-27-29/h2-10,13-14,17,23H,11-12,15-16,18-19H2,1H3,(H,25,26). The second-order valence-electron chi connectivity index (χ2n) is 7.54. The van der Waals surface area contributed by atoms with E-state index in [-0.39, 0.29) is 6.10 Å². The molecule has 1 aromatic heterocycles. The van der Waals surface area contributed by atoms with Gasteiger partial charge in [0.1, 0.15) is 11.9 Å². The Balaban J connectivity index is 1.27. The van der Waals surface area contributed by atoms with Gasteiger partial charge in [-0.25, -0.2) is 0 Å². The third-order valence-corrected chi connectivity index (χ3v) is 5.35. The van der Waals surface area contributed by atoms with Crippen molar-refractivity contribution in [3.8, 4) is 5.75 Å². The highest BCUT2D eigenvalue weighted by Gasteiger charge is 2.22. The number of nitrogens with one attached hydrogen (secondary N) is 1. The summed E-state index contributed by atoms with van der Waals surface area (Å²) in [7, 11) is 1.85. The summed E-state index contributed by atoms with van der Waals surface area (Å²) >= 11 is 0. The maximum absolute atomic E-state index is 6.11. The first-order chi connectivity index (χ1) is 14.8. The summed E-state index contributed by atoms with van der Waals surface area (Å²) in [5, 5.41) is 7.81. The van der Waals surface area contributed by atoms with Gasteiger partial charge in [0.25, 0.3) is 0 Å². The Kier molecular flexibility index (Phi) is 6.65. The Morgan fingerprint density at radius 3 is 2.60 bits per heavy atom. The van der Waals surface area contributed by atoms with Crippen LogP contribution in [0.2, 0.25) is 0 Å². The van der Waals surface area contributed by atoms with Gasteiger partial charge in [0.2, 0.25) is 0 Å². The van der Waals surface area contributed by atoms with Gasteiger partial charge in [-0.2, -0.15) is 5.10 Å². The molecular formula is C24H29N5O. The molecule has 0 unspecified atom stereocenters. The molecule has 1 aliphatic heterocycles. The normalized spacial score (nSPS) is 15.2. The molecule has 2 aromatic carbocycles. The lowest BCUT2D eigenvalue weighted by atomic mass is 10.1. The van der Waals surface area contributed by atoms with Crippen LogP contribution in [0.25, 0.3) is 0 Å². The number of nitrogens with zero attached hydrogens (tertiary/aromatic N) is 4. The maximum atomic E-state index is 6.11. The summed E-state index contributed by atoms with van der Waals surface area (Å²) < 4.78 is 8.05. The Labute approximate surface area is 178 Å². The monoisotopic (exact) mass is 403 g/mol. The number of guanidine groups is 1. The molecule has 1 fully saturated rings. The van der Waals surface area contributed by atoms with Crippen molar-refractivity contribution in [1.29, 1.82) is 0 Å². The number of aliphatic imine (C=N–C) groups is 1. The summed E-state index contributed by atoms with van der Waals surface area (Å²) in [5.74, 6) is 1.90. The molecule has 1 aliphatic rings. The van der Waals surface area contributed by atoms with E-state index < -0.39 is 0 Å². The summed E-state index contributed by atoms with van der Waals surface area (Å²) in [5.41, 5.74) is 2.48. The highest BCUT2D eigenvalue weighted by molar-refractivity contribution is 5.80. The van der Waals surface area contributed by atoms with Crippen LogP contribution in [0, 0.1) is 0 Å². The molecule has 0 atom stereocenters. The lowest BCUT2D eigenvalue weighted by Gasteiger charge is -2.34. The third kappa shape index (κ3) is 5.41. The Morgan fingerprint density at radius 1 is 1.07 bits per heavy atom. The van der Waals surface area contributed by atoms with Gasteiger partial charge in [-0.05, 0) is 29.3 Å². The van der Waals surface area contributed by atoms with Gasteiger partial charge in [0, 0.05) is 51.9 Å². The van der Waals surface area contributed by atoms with Crippen LogP contribution < -0.4 is 10.1 Å². The van der Waals surface area contributed by atoms with Crippen LogP contribution in [0.15, 0.2) is 78.0 Å². The summed E-state index contributed by atoms with van der Waals surface area (Å²) in [6.07, 6.45) is 6.05. The van der Waals surface area contributed by atoms with Gasteiger partial charge in [-0.1, -0.05) is 42.5 Å². The zero-order chi connectivity index (χ0) is 20.6. The average Bonchev–Trinajstić information content (AvgIpc) is 3.29. The molecule has 1 N–H and O–H groups in total. The first-order valence-electron chi connectivity index (χ1n) is 10.5. The van der Waals surface area contributed by atoms with Crippen molar-refractivity contribution in [2.24, 2.45) is 4.99 Å². The van der Waals surface area contributed by atoms with E-state index >= 15 is 0 Å². The molecule has 0 saturated carbocycles. The van der Waals surface area contributed by atoms with E-state index in [0.717, 1.165) is 50.7 Å². The fourth-order valence-electron chi connectivity index (χ4n) is 3.81. The minimum absolute atomic E-state index is 0.265. The van der Waals surface area contributed by atoms with Crippen molar-refractivity contribution in [2.75, 3.05) is 20.1 Å². The number of aromatic nitrogens is 2. The SMILES string of the molecule is CN=C(NCc1cccc(Cn2cccn2)c1)N1CCC(Oc2ccccc2)CC1. The van der Waals surface area contributed by atoms with Gasteiger partial charge < -0.3 is 15.0 Å². The second kappa shape index (κ2) is 9.96. The van der Waals surface area contributed by atoms with Gasteiger partial charge >= 0.3 is 0 Å². The van der Waals surface area contributed by atoms with E-state index in [1.165, 1.54) is 11.1 Å². The van der Waals surface area contributed by atoms with Crippen LogP contribution in [0.5, 0.6) is 5.75 Å². The van der Waals surface area contributed by atoms with E-state index in [0.29, 0.717) is 0 Å². The average molecular weight is 404 g/mol. The number of hydrogen-bond donors (Lipinski definition) is 1. The number of likely N-dealkylation sites (tertiary alicyclic amines) is 1. The van der Waals surface area contributed by atoms with Crippen LogP contribution in [-0.4, -0.2) is 46.9 Å². The zero-order valence-corrected chi connectivity index (χ0v) is 17.4. The lowest BCUT2D eigenvalue weighted by molar-refractivity contribution is 0.129. The van der Waals surface area contributed by atoms with Crippen LogP contribution >= 0.6 is 0 Å². The molecule has 0 radical (unpaired) electrons. The van der Waals surface area contributed by atoms with Crippen molar-refractivity contribution < 1.29 is 4.74 Å². The third-order valence-electron chi connectivity index (χ3n) is 5.35. The molecule has 30 heavy (non-hydrogen) atoms.